The summed E-state index contributed by atoms with van der Waals surface area (Å²) in [6.45, 7) is 1.15. The van der Waals surface area contributed by atoms with Crippen LogP contribution in [0.25, 0.3) is 22.2 Å². The first-order valence-corrected chi connectivity index (χ1v) is 8.42. The molecule has 6 heteroatoms. The normalized spacial score (nSPS) is 12.9. The zero-order chi connectivity index (χ0) is 17.3. The third-order valence-electron chi connectivity index (χ3n) is 4.33. The molecule has 1 aliphatic heterocycles. The molecule has 0 saturated carbocycles. The first-order chi connectivity index (χ1) is 12.9. The van der Waals surface area contributed by atoms with E-state index in [9.17, 15) is 0 Å². The number of aromatic amines is 1. The molecule has 0 fully saturated rings. The summed E-state index contributed by atoms with van der Waals surface area (Å²) < 4.78 is 11.2. The van der Waals surface area contributed by atoms with Gasteiger partial charge in [0.2, 0.25) is 0 Å². The first-order valence-electron chi connectivity index (χ1n) is 8.42. The summed E-state index contributed by atoms with van der Waals surface area (Å²) in [7, 11) is 0. The van der Waals surface area contributed by atoms with Crippen molar-refractivity contribution in [3.63, 3.8) is 0 Å². The summed E-state index contributed by atoms with van der Waals surface area (Å²) in [4.78, 5) is 12.1. The van der Waals surface area contributed by atoms with Crippen LogP contribution in [0.4, 0.5) is 11.5 Å². The lowest BCUT2D eigenvalue weighted by atomic mass is 10.2. The van der Waals surface area contributed by atoms with Gasteiger partial charge >= 0.3 is 0 Å². The van der Waals surface area contributed by atoms with Gasteiger partial charge in [0.05, 0.1) is 5.52 Å². The summed E-state index contributed by atoms with van der Waals surface area (Å²) >= 11 is 0. The number of nitrogens with zero attached hydrogens (tertiary/aromatic N) is 2. The van der Waals surface area contributed by atoms with E-state index < -0.39 is 0 Å². The maximum absolute atomic E-state index is 5.65. The smallest absolute Gasteiger partial charge is 0.163 e. The third kappa shape index (κ3) is 2.61. The van der Waals surface area contributed by atoms with Gasteiger partial charge in [0.25, 0.3) is 0 Å². The number of rotatable bonds is 3. The Morgan fingerprint density at radius 2 is 1.88 bits per heavy atom. The fourth-order valence-corrected chi connectivity index (χ4v) is 3.09. The number of aromatic nitrogens is 3. The Morgan fingerprint density at radius 3 is 2.77 bits per heavy atom. The lowest BCUT2D eigenvalue weighted by Gasteiger charge is -2.19. The Kier molecular flexibility index (Phi) is 3.45. The van der Waals surface area contributed by atoms with Gasteiger partial charge in [-0.3, -0.25) is 4.98 Å². The standard InChI is InChI=1S/C20H16N4O2/c1-2-13(12-21-6-1)17-11-15-16(24-17)5-7-22-20(15)23-14-3-4-18-19(10-14)26-9-8-25-18/h1-7,10-12,24H,8-9H2,(H,22,23). The maximum atomic E-state index is 5.65. The molecular weight excluding hydrogens is 328 g/mol. The van der Waals surface area contributed by atoms with E-state index in [1.807, 2.05) is 42.6 Å². The number of fused-ring (bicyclic) bond motifs is 2. The molecule has 128 valence electrons. The van der Waals surface area contributed by atoms with E-state index in [4.69, 9.17) is 9.47 Å². The van der Waals surface area contributed by atoms with Gasteiger partial charge < -0.3 is 19.8 Å². The Labute approximate surface area is 149 Å². The minimum Gasteiger partial charge on any atom is -0.486 e. The number of benzene rings is 1. The second-order valence-electron chi connectivity index (χ2n) is 6.03. The highest BCUT2D eigenvalue weighted by atomic mass is 16.6. The van der Waals surface area contributed by atoms with Crippen LogP contribution in [0, 0.1) is 0 Å². The fourth-order valence-electron chi connectivity index (χ4n) is 3.09. The van der Waals surface area contributed by atoms with E-state index in [2.05, 4.69) is 26.3 Å². The maximum Gasteiger partial charge on any atom is 0.163 e. The summed E-state index contributed by atoms with van der Waals surface area (Å²) in [6, 6.07) is 13.8. The molecule has 0 atom stereocenters. The van der Waals surface area contributed by atoms with E-state index >= 15 is 0 Å². The van der Waals surface area contributed by atoms with Crippen molar-refractivity contribution in [1.29, 1.82) is 0 Å². The molecule has 6 nitrogen and oxygen atoms in total. The number of H-pyrrole nitrogens is 1. The van der Waals surface area contributed by atoms with Crippen molar-refractivity contribution in [3.8, 4) is 22.8 Å². The Balaban J connectivity index is 1.52. The second kappa shape index (κ2) is 6.07. The number of pyridine rings is 2. The van der Waals surface area contributed by atoms with Gasteiger partial charge in [0.15, 0.2) is 11.5 Å². The van der Waals surface area contributed by atoms with E-state index in [-0.39, 0.29) is 0 Å². The number of ether oxygens (including phenoxy) is 2. The van der Waals surface area contributed by atoms with Crippen molar-refractivity contribution in [3.05, 3.63) is 61.1 Å². The lowest BCUT2D eigenvalue weighted by molar-refractivity contribution is 0.171. The SMILES string of the molecule is c1cncc(-c2cc3c(Nc4ccc5c(c4)OCCO5)nccc3[nH]2)c1. The van der Waals surface area contributed by atoms with Crippen molar-refractivity contribution < 1.29 is 9.47 Å². The highest BCUT2D eigenvalue weighted by Crippen LogP contribution is 2.35. The first kappa shape index (κ1) is 14.8. The minimum atomic E-state index is 0.566. The number of anilines is 2. The quantitative estimate of drug-likeness (QED) is 0.584. The Hall–Kier alpha value is -3.54. The van der Waals surface area contributed by atoms with Crippen LogP contribution in [-0.4, -0.2) is 28.2 Å². The molecule has 0 aliphatic carbocycles. The van der Waals surface area contributed by atoms with Crippen LogP contribution < -0.4 is 14.8 Å². The number of nitrogens with one attached hydrogen (secondary N) is 2. The van der Waals surface area contributed by atoms with Crippen molar-refractivity contribution in [2.45, 2.75) is 0 Å². The van der Waals surface area contributed by atoms with Crippen LogP contribution in [0.1, 0.15) is 0 Å². The van der Waals surface area contributed by atoms with Crippen molar-refractivity contribution in [2.24, 2.45) is 0 Å². The molecule has 4 aromatic rings. The summed E-state index contributed by atoms with van der Waals surface area (Å²) in [5, 5.41) is 4.39. The molecule has 0 bridgehead atoms. The van der Waals surface area contributed by atoms with Crippen LogP contribution in [0.2, 0.25) is 0 Å². The molecule has 0 unspecified atom stereocenters. The highest BCUT2D eigenvalue weighted by molar-refractivity contribution is 5.95. The number of hydrogen-bond acceptors (Lipinski definition) is 5. The predicted octanol–water partition coefficient (Wildman–Crippen LogP) is 4.14. The zero-order valence-electron chi connectivity index (χ0n) is 13.9. The predicted molar refractivity (Wildman–Crippen MR) is 100 cm³/mol. The Bertz CT molecular complexity index is 1080. The molecule has 1 aliphatic rings. The highest BCUT2D eigenvalue weighted by Gasteiger charge is 2.13. The van der Waals surface area contributed by atoms with Crippen LogP contribution >= 0.6 is 0 Å². The summed E-state index contributed by atoms with van der Waals surface area (Å²) in [5.41, 5.74) is 3.96. The monoisotopic (exact) mass is 344 g/mol. The molecule has 0 saturated heterocycles. The third-order valence-corrected chi connectivity index (χ3v) is 4.33. The molecular formula is C20H16N4O2. The van der Waals surface area contributed by atoms with E-state index in [1.165, 1.54) is 0 Å². The molecule has 5 rings (SSSR count). The lowest BCUT2D eigenvalue weighted by Crippen LogP contribution is -2.15. The molecule has 0 amide bonds. The van der Waals surface area contributed by atoms with Gasteiger partial charge in [-0.15, -0.1) is 0 Å². The van der Waals surface area contributed by atoms with Gasteiger partial charge in [0, 0.05) is 47.0 Å². The van der Waals surface area contributed by atoms with E-state index in [0.29, 0.717) is 13.2 Å². The topological polar surface area (TPSA) is 72.1 Å². The fraction of sp³-hybridized carbons (Fsp3) is 0.100. The van der Waals surface area contributed by atoms with E-state index in [1.54, 1.807) is 12.4 Å². The van der Waals surface area contributed by atoms with Gasteiger partial charge in [-0.05, 0) is 36.4 Å². The van der Waals surface area contributed by atoms with Crippen molar-refractivity contribution in [1.82, 2.24) is 15.0 Å². The average Bonchev–Trinajstić information content (AvgIpc) is 3.14. The molecule has 26 heavy (non-hydrogen) atoms. The van der Waals surface area contributed by atoms with Crippen LogP contribution in [0.3, 0.4) is 0 Å². The van der Waals surface area contributed by atoms with Crippen LogP contribution in [0.15, 0.2) is 61.1 Å². The van der Waals surface area contributed by atoms with Gasteiger partial charge in [-0.1, -0.05) is 0 Å². The minimum absolute atomic E-state index is 0.566. The molecule has 1 aromatic carbocycles. The van der Waals surface area contributed by atoms with Crippen molar-refractivity contribution in [2.75, 3.05) is 18.5 Å². The molecule has 4 heterocycles. The van der Waals surface area contributed by atoms with Gasteiger partial charge in [-0.2, -0.15) is 0 Å². The average molecular weight is 344 g/mol. The Morgan fingerprint density at radius 1 is 0.962 bits per heavy atom. The molecule has 0 radical (unpaired) electrons. The summed E-state index contributed by atoms with van der Waals surface area (Å²) in [6.07, 6.45) is 5.39. The van der Waals surface area contributed by atoms with Gasteiger partial charge in [0.1, 0.15) is 19.0 Å². The van der Waals surface area contributed by atoms with Gasteiger partial charge in [-0.25, -0.2) is 4.98 Å². The molecule has 3 aromatic heterocycles. The summed E-state index contributed by atoms with van der Waals surface area (Å²) in [5.74, 6) is 2.30. The zero-order valence-corrected chi connectivity index (χ0v) is 13.9. The van der Waals surface area contributed by atoms with Crippen LogP contribution in [0.5, 0.6) is 11.5 Å². The van der Waals surface area contributed by atoms with Crippen LogP contribution in [-0.2, 0) is 0 Å². The molecule has 0 spiro atoms. The number of hydrogen-bond donors (Lipinski definition) is 2. The largest absolute Gasteiger partial charge is 0.486 e. The van der Waals surface area contributed by atoms with Crippen molar-refractivity contribution >= 4 is 22.4 Å². The second-order valence-corrected chi connectivity index (χ2v) is 6.03. The molecule has 2 N–H and O–H groups in total. The van der Waals surface area contributed by atoms with E-state index in [0.717, 1.165) is 45.2 Å².